The predicted molar refractivity (Wildman–Crippen MR) is 50.9 cm³/mol. The minimum absolute atomic E-state index is 0.0904. The number of hydrogen-bond acceptors (Lipinski definition) is 3. The fourth-order valence-electron chi connectivity index (χ4n) is 0.996. The van der Waals surface area contributed by atoms with E-state index in [2.05, 4.69) is 10.4 Å². The van der Waals surface area contributed by atoms with Gasteiger partial charge in [0.25, 0.3) is 0 Å². The Kier molecular flexibility index (Phi) is 3.84. The van der Waals surface area contributed by atoms with E-state index >= 15 is 0 Å². The summed E-state index contributed by atoms with van der Waals surface area (Å²) in [5.74, 6) is -0.0904. The van der Waals surface area contributed by atoms with Crippen LogP contribution in [0.15, 0.2) is 12.3 Å². The molecule has 1 aromatic heterocycles. The Hall–Kier alpha value is -1.65. The Bertz CT molecular complexity index is 320. The van der Waals surface area contributed by atoms with Gasteiger partial charge in [-0.05, 0) is 12.5 Å². The van der Waals surface area contributed by atoms with E-state index in [1.807, 2.05) is 6.92 Å². The van der Waals surface area contributed by atoms with Crippen molar-refractivity contribution in [2.45, 2.75) is 19.9 Å². The summed E-state index contributed by atoms with van der Waals surface area (Å²) in [7, 11) is 0. The Morgan fingerprint density at radius 3 is 3.07 bits per heavy atom. The Balaban J connectivity index is 2.43. The lowest BCUT2D eigenvalue weighted by molar-refractivity contribution is -0.121. The van der Waals surface area contributed by atoms with Crippen LogP contribution < -0.4 is 5.32 Å². The van der Waals surface area contributed by atoms with Gasteiger partial charge >= 0.3 is 0 Å². The highest BCUT2D eigenvalue weighted by molar-refractivity contribution is 5.76. The highest BCUT2D eigenvalue weighted by atomic mass is 16.2. The SMILES string of the molecule is CCCNC(=O)Cn1ccc(C=O)n1. The van der Waals surface area contributed by atoms with Gasteiger partial charge in [0.2, 0.25) is 5.91 Å². The molecule has 0 unspecified atom stereocenters. The summed E-state index contributed by atoms with van der Waals surface area (Å²) in [4.78, 5) is 21.5. The molecular formula is C9H13N3O2. The molecule has 0 aromatic carbocycles. The second kappa shape index (κ2) is 5.16. The Morgan fingerprint density at radius 2 is 2.50 bits per heavy atom. The summed E-state index contributed by atoms with van der Waals surface area (Å²) >= 11 is 0. The van der Waals surface area contributed by atoms with Crippen molar-refractivity contribution in [3.63, 3.8) is 0 Å². The monoisotopic (exact) mass is 195 g/mol. The highest BCUT2D eigenvalue weighted by Gasteiger charge is 2.02. The van der Waals surface area contributed by atoms with Gasteiger partial charge in [0.15, 0.2) is 6.29 Å². The van der Waals surface area contributed by atoms with E-state index in [4.69, 9.17) is 0 Å². The molecule has 0 radical (unpaired) electrons. The first kappa shape index (κ1) is 10.4. The summed E-state index contributed by atoms with van der Waals surface area (Å²) in [5, 5.41) is 6.58. The van der Waals surface area contributed by atoms with Crippen molar-refractivity contribution >= 4 is 12.2 Å². The van der Waals surface area contributed by atoms with Crippen molar-refractivity contribution in [2.75, 3.05) is 6.54 Å². The summed E-state index contributed by atoms with van der Waals surface area (Å²) in [6.45, 7) is 2.81. The number of hydrogen-bond donors (Lipinski definition) is 1. The first-order valence-corrected chi connectivity index (χ1v) is 4.51. The maximum Gasteiger partial charge on any atom is 0.241 e. The van der Waals surface area contributed by atoms with E-state index in [1.54, 1.807) is 12.3 Å². The number of carbonyl (C=O) groups is 2. The quantitative estimate of drug-likeness (QED) is 0.684. The van der Waals surface area contributed by atoms with Crippen LogP contribution in [-0.2, 0) is 11.3 Å². The minimum atomic E-state index is -0.0904. The van der Waals surface area contributed by atoms with Gasteiger partial charge in [0.05, 0.1) is 0 Å². The fourth-order valence-corrected chi connectivity index (χ4v) is 0.996. The van der Waals surface area contributed by atoms with Crippen molar-refractivity contribution in [3.8, 4) is 0 Å². The smallest absolute Gasteiger partial charge is 0.241 e. The maximum absolute atomic E-state index is 11.2. The van der Waals surface area contributed by atoms with Crippen molar-refractivity contribution in [1.82, 2.24) is 15.1 Å². The van der Waals surface area contributed by atoms with E-state index < -0.39 is 0 Å². The van der Waals surface area contributed by atoms with Crippen LogP contribution in [0.1, 0.15) is 23.8 Å². The predicted octanol–water partition coefficient (Wildman–Crippen LogP) is 0.222. The lowest BCUT2D eigenvalue weighted by Gasteiger charge is -2.02. The van der Waals surface area contributed by atoms with Crippen LogP contribution in [0.2, 0.25) is 0 Å². The molecule has 0 saturated carbocycles. The lowest BCUT2D eigenvalue weighted by atomic mass is 10.4. The Labute approximate surface area is 82.1 Å². The topological polar surface area (TPSA) is 64.0 Å². The third-order valence-corrected chi connectivity index (χ3v) is 1.66. The fraction of sp³-hybridized carbons (Fsp3) is 0.444. The molecule has 0 bridgehead atoms. The van der Waals surface area contributed by atoms with Gasteiger partial charge in [0, 0.05) is 12.7 Å². The van der Waals surface area contributed by atoms with Gasteiger partial charge < -0.3 is 5.32 Å². The van der Waals surface area contributed by atoms with Gasteiger partial charge in [0.1, 0.15) is 12.2 Å². The zero-order valence-corrected chi connectivity index (χ0v) is 8.06. The average molecular weight is 195 g/mol. The molecular weight excluding hydrogens is 182 g/mol. The zero-order valence-electron chi connectivity index (χ0n) is 8.06. The van der Waals surface area contributed by atoms with Crippen LogP contribution in [0.4, 0.5) is 0 Å². The van der Waals surface area contributed by atoms with Crippen LogP contribution >= 0.6 is 0 Å². The largest absolute Gasteiger partial charge is 0.355 e. The summed E-state index contributed by atoms with van der Waals surface area (Å²) in [6.07, 6.45) is 3.17. The molecule has 1 N–H and O–H groups in total. The van der Waals surface area contributed by atoms with Crippen molar-refractivity contribution in [3.05, 3.63) is 18.0 Å². The van der Waals surface area contributed by atoms with Crippen molar-refractivity contribution < 1.29 is 9.59 Å². The molecule has 0 aliphatic carbocycles. The standard InChI is InChI=1S/C9H13N3O2/c1-2-4-10-9(14)6-12-5-3-8(7-13)11-12/h3,5,7H,2,4,6H2,1H3,(H,10,14). The molecule has 5 heteroatoms. The van der Waals surface area contributed by atoms with E-state index in [9.17, 15) is 9.59 Å². The summed E-state index contributed by atoms with van der Waals surface area (Å²) in [5.41, 5.74) is 0.341. The first-order valence-electron chi connectivity index (χ1n) is 4.51. The van der Waals surface area contributed by atoms with Crippen LogP contribution in [0.3, 0.4) is 0 Å². The van der Waals surface area contributed by atoms with Crippen LogP contribution in [-0.4, -0.2) is 28.5 Å². The van der Waals surface area contributed by atoms with Crippen molar-refractivity contribution in [1.29, 1.82) is 0 Å². The molecule has 5 nitrogen and oxygen atoms in total. The molecule has 1 rings (SSSR count). The van der Waals surface area contributed by atoms with Gasteiger partial charge in [-0.15, -0.1) is 0 Å². The first-order chi connectivity index (χ1) is 6.76. The molecule has 0 aliphatic rings. The second-order valence-electron chi connectivity index (χ2n) is 2.91. The highest BCUT2D eigenvalue weighted by Crippen LogP contribution is 1.91. The molecule has 76 valence electrons. The second-order valence-corrected chi connectivity index (χ2v) is 2.91. The molecule has 0 aliphatic heterocycles. The molecule has 14 heavy (non-hydrogen) atoms. The third kappa shape index (κ3) is 3.01. The van der Waals surface area contributed by atoms with E-state index in [0.29, 0.717) is 18.5 Å². The lowest BCUT2D eigenvalue weighted by Crippen LogP contribution is -2.28. The number of amides is 1. The Morgan fingerprint density at radius 1 is 1.71 bits per heavy atom. The van der Waals surface area contributed by atoms with E-state index in [1.165, 1.54) is 4.68 Å². The molecule has 1 amide bonds. The van der Waals surface area contributed by atoms with Crippen LogP contribution in [0, 0.1) is 0 Å². The average Bonchev–Trinajstić information content (AvgIpc) is 2.62. The number of nitrogens with zero attached hydrogens (tertiary/aromatic N) is 2. The number of nitrogens with one attached hydrogen (secondary N) is 1. The number of aldehydes is 1. The molecule has 1 aromatic rings. The van der Waals surface area contributed by atoms with E-state index in [-0.39, 0.29) is 12.5 Å². The summed E-state index contributed by atoms with van der Waals surface area (Å²) < 4.78 is 1.44. The third-order valence-electron chi connectivity index (χ3n) is 1.66. The minimum Gasteiger partial charge on any atom is -0.355 e. The molecule has 0 saturated heterocycles. The van der Waals surface area contributed by atoms with Crippen LogP contribution in [0.5, 0.6) is 0 Å². The molecule has 0 fully saturated rings. The van der Waals surface area contributed by atoms with Gasteiger partial charge in [-0.2, -0.15) is 5.10 Å². The molecule has 0 atom stereocenters. The zero-order chi connectivity index (χ0) is 10.4. The normalized spacial score (nSPS) is 9.79. The van der Waals surface area contributed by atoms with Crippen LogP contribution in [0.25, 0.3) is 0 Å². The van der Waals surface area contributed by atoms with Gasteiger partial charge in [-0.25, -0.2) is 0 Å². The molecule has 1 heterocycles. The molecule has 0 spiro atoms. The maximum atomic E-state index is 11.2. The summed E-state index contributed by atoms with van der Waals surface area (Å²) in [6, 6.07) is 1.57. The van der Waals surface area contributed by atoms with Gasteiger partial charge in [-0.1, -0.05) is 6.92 Å². The van der Waals surface area contributed by atoms with E-state index in [0.717, 1.165) is 6.42 Å². The number of aromatic nitrogens is 2. The van der Waals surface area contributed by atoms with Gasteiger partial charge in [-0.3, -0.25) is 14.3 Å². The number of rotatable bonds is 5. The van der Waals surface area contributed by atoms with Crippen molar-refractivity contribution in [2.24, 2.45) is 0 Å². The number of carbonyl (C=O) groups excluding carboxylic acids is 2.